The first-order valence-corrected chi connectivity index (χ1v) is 8.27. The van der Waals surface area contributed by atoms with Crippen molar-refractivity contribution in [2.24, 2.45) is 0 Å². The van der Waals surface area contributed by atoms with E-state index in [9.17, 15) is 4.79 Å². The molecule has 0 aliphatic rings. The van der Waals surface area contributed by atoms with E-state index in [1.54, 1.807) is 17.2 Å². The van der Waals surface area contributed by atoms with Crippen molar-refractivity contribution in [1.82, 2.24) is 9.88 Å². The normalized spacial score (nSPS) is 10.3. The van der Waals surface area contributed by atoms with Gasteiger partial charge in [-0.1, -0.05) is 11.8 Å². The summed E-state index contributed by atoms with van der Waals surface area (Å²) >= 11 is 2.96. The molecule has 5 nitrogen and oxygen atoms in total. The van der Waals surface area contributed by atoms with Crippen molar-refractivity contribution in [2.75, 3.05) is 12.3 Å². The summed E-state index contributed by atoms with van der Waals surface area (Å²) in [5.74, 6) is 1.02. The summed E-state index contributed by atoms with van der Waals surface area (Å²) in [5, 5.41) is 10.7. The molecule has 2 aromatic rings. The van der Waals surface area contributed by atoms with Gasteiger partial charge in [0.1, 0.15) is 5.76 Å². The molecular formula is C14H15N3O2S2. The zero-order valence-electron chi connectivity index (χ0n) is 11.6. The van der Waals surface area contributed by atoms with Crippen LogP contribution in [-0.4, -0.2) is 28.1 Å². The van der Waals surface area contributed by atoms with E-state index < -0.39 is 0 Å². The average Bonchev–Trinajstić information content (AvgIpc) is 3.12. The van der Waals surface area contributed by atoms with Crippen LogP contribution in [0.25, 0.3) is 0 Å². The molecule has 0 aliphatic carbocycles. The van der Waals surface area contributed by atoms with Gasteiger partial charge in [0.05, 0.1) is 31.1 Å². The zero-order valence-corrected chi connectivity index (χ0v) is 13.2. The Morgan fingerprint density at radius 3 is 3.10 bits per heavy atom. The van der Waals surface area contributed by atoms with Gasteiger partial charge in [0.25, 0.3) is 0 Å². The van der Waals surface area contributed by atoms with Gasteiger partial charge >= 0.3 is 0 Å². The maximum absolute atomic E-state index is 12.3. The summed E-state index contributed by atoms with van der Waals surface area (Å²) in [4.78, 5) is 18.3. The second-order valence-corrected chi connectivity index (χ2v) is 6.43. The minimum absolute atomic E-state index is 0.0143. The molecule has 0 N–H and O–H groups in total. The van der Waals surface area contributed by atoms with Crippen molar-refractivity contribution < 1.29 is 9.21 Å². The Labute approximate surface area is 131 Å². The summed E-state index contributed by atoms with van der Waals surface area (Å²) in [6, 6.07) is 5.68. The van der Waals surface area contributed by atoms with E-state index >= 15 is 0 Å². The van der Waals surface area contributed by atoms with E-state index in [-0.39, 0.29) is 5.91 Å². The summed E-state index contributed by atoms with van der Waals surface area (Å²) in [6.07, 6.45) is 1.89. The molecule has 0 fully saturated rings. The van der Waals surface area contributed by atoms with Gasteiger partial charge in [0.15, 0.2) is 4.34 Å². The van der Waals surface area contributed by atoms with Crippen LogP contribution < -0.4 is 0 Å². The molecule has 0 unspecified atom stereocenters. The zero-order chi connectivity index (χ0) is 15.1. The smallest absolute Gasteiger partial charge is 0.233 e. The molecule has 2 heterocycles. The number of rotatable bonds is 7. The molecule has 0 radical (unpaired) electrons. The van der Waals surface area contributed by atoms with Gasteiger partial charge < -0.3 is 9.32 Å². The first-order chi connectivity index (χ1) is 10.2. The highest BCUT2D eigenvalue weighted by Crippen LogP contribution is 2.22. The minimum atomic E-state index is -0.0143. The number of amides is 1. The lowest BCUT2D eigenvalue weighted by Gasteiger charge is -2.20. The van der Waals surface area contributed by atoms with Gasteiger partial charge in [0.2, 0.25) is 5.91 Å². The molecule has 1 amide bonds. The molecule has 2 aromatic heterocycles. The van der Waals surface area contributed by atoms with Crippen molar-refractivity contribution in [3.8, 4) is 6.07 Å². The Hall–Kier alpha value is -1.78. The Morgan fingerprint density at radius 2 is 2.48 bits per heavy atom. The van der Waals surface area contributed by atoms with Crippen LogP contribution in [0.3, 0.4) is 0 Å². The number of nitriles is 1. The molecule has 110 valence electrons. The number of nitrogens with zero attached hydrogens (tertiary/aromatic N) is 3. The van der Waals surface area contributed by atoms with Gasteiger partial charge in [-0.3, -0.25) is 4.79 Å². The number of carbonyl (C=O) groups is 1. The third kappa shape index (κ3) is 4.92. The van der Waals surface area contributed by atoms with Crippen LogP contribution in [0, 0.1) is 18.3 Å². The Bertz CT molecular complexity index is 616. The number of thiazole rings is 1. The Kier molecular flexibility index (Phi) is 5.84. The summed E-state index contributed by atoms with van der Waals surface area (Å²) < 4.78 is 6.15. The van der Waals surface area contributed by atoms with Crippen molar-refractivity contribution in [3.05, 3.63) is 35.2 Å². The van der Waals surface area contributed by atoms with Gasteiger partial charge in [-0.05, 0) is 19.1 Å². The first-order valence-electron chi connectivity index (χ1n) is 6.41. The van der Waals surface area contributed by atoms with Crippen molar-refractivity contribution >= 4 is 29.0 Å². The molecular weight excluding hydrogens is 306 g/mol. The van der Waals surface area contributed by atoms with Crippen LogP contribution >= 0.6 is 23.1 Å². The monoisotopic (exact) mass is 321 g/mol. The lowest BCUT2D eigenvalue weighted by molar-refractivity contribution is -0.129. The molecule has 2 rings (SSSR count). The SMILES string of the molecule is Cc1csc(SCC(=O)N(CCC#N)Cc2ccco2)n1. The molecule has 0 saturated heterocycles. The van der Waals surface area contributed by atoms with E-state index in [0.717, 1.165) is 15.8 Å². The van der Waals surface area contributed by atoms with Gasteiger partial charge in [-0.15, -0.1) is 11.3 Å². The lowest BCUT2D eigenvalue weighted by atomic mass is 10.3. The van der Waals surface area contributed by atoms with E-state index in [0.29, 0.717) is 25.3 Å². The van der Waals surface area contributed by atoms with Gasteiger partial charge in [-0.25, -0.2) is 4.98 Å². The van der Waals surface area contributed by atoms with Crippen LogP contribution in [0.5, 0.6) is 0 Å². The van der Waals surface area contributed by atoms with E-state index in [1.165, 1.54) is 23.1 Å². The van der Waals surface area contributed by atoms with Crippen LogP contribution in [0.1, 0.15) is 17.9 Å². The highest BCUT2D eigenvalue weighted by atomic mass is 32.2. The fourth-order valence-electron chi connectivity index (χ4n) is 1.68. The second-order valence-electron chi connectivity index (χ2n) is 4.35. The second kappa shape index (κ2) is 7.86. The number of thioether (sulfide) groups is 1. The molecule has 7 heteroatoms. The largest absolute Gasteiger partial charge is 0.467 e. The summed E-state index contributed by atoms with van der Waals surface area (Å²) in [5.41, 5.74) is 0.965. The lowest BCUT2D eigenvalue weighted by Crippen LogP contribution is -2.32. The summed E-state index contributed by atoms with van der Waals surface area (Å²) in [6.45, 7) is 2.73. The van der Waals surface area contributed by atoms with Crippen LogP contribution in [-0.2, 0) is 11.3 Å². The Balaban J connectivity index is 1.91. The molecule has 21 heavy (non-hydrogen) atoms. The fraction of sp³-hybridized carbons (Fsp3) is 0.357. The maximum Gasteiger partial charge on any atom is 0.233 e. The number of aromatic nitrogens is 1. The highest BCUT2D eigenvalue weighted by Gasteiger charge is 2.16. The van der Waals surface area contributed by atoms with Crippen molar-refractivity contribution in [1.29, 1.82) is 5.26 Å². The molecule has 0 spiro atoms. The van der Waals surface area contributed by atoms with Crippen LogP contribution in [0.15, 0.2) is 32.5 Å². The molecule has 0 aromatic carbocycles. The minimum Gasteiger partial charge on any atom is -0.467 e. The number of hydrogen-bond donors (Lipinski definition) is 0. The quantitative estimate of drug-likeness (QED) is 0.733. The van der Waals surface area contributed by atoms with E-state index in [1.807, 2.05) is 18.4 Å². The van der Waals surface area contributed by atoms with Crippen LogP contribution in [0.4, 0.5) is 0 Å². The number of furan rings is 1. The summed E-state index contributed by atoms with van der Waals surface area (Å²) in [7, 11) is 0. The highest BCUT2D eigenvalue weighted by molar-refractivity contribution is 8.01. The van der Waals surface area contributed by atoms with Gasteiger partial charge in [0, 0.05) is 17.6 Å². The Morgan fingerprint density at radius 1 is 1.62 bits per heavy atom. The van der Waals surface area contributed by atoms with Crippen molar-refractivity contribution in [2.45, 2.75) is 24.2 Å². The fourth-order valence-corrected chi connectivity index (χ4v) is 3.43. The molecule has 0 saturated carbocycles. The van der Waals surface area contributed by atoms with Crippen LogP contribution in [0.2, 0.25) is 0 Å². The van der Waals surface area contributed by atoms with Crippen molar-refractivity contribution in [3.63, 3.8) is 0 Å². The number of aryl methyl sites for hydroxylation is 1. The predicted molar refractivity (Wildman–Crippen MR) is 81.9 cm³/mol. The maximum atomic E-state index is 12.3. The number of hydrogen-bond acceptors (Lipinski definition) is 6. The number of carbonyl (C=O) groups excluding carboxylic acids is 1. The molecule has 0 bridgehead atoms. The van der Waals surface area contributed by atoms with Gasteiger partial charge in [-0.2, -0.15) is 5.26 Å². The third-order valence-electron chi connectivity index (χ3n) is 2.69. The van der Waals surface area contributed by atoms with E-state index in [2.05, 4.69) is 11.1 Å². The first kappa shape index (κ1) is 15.6. The third-order valence-corrected chi connectivity index (χ3v) is 4.81. The average molecular weight is 321 g/mol. The molecule has 0 atom stereocenters. The van der Waals surface area contributed by atoms with E-state index in [4.69, 9.17) is 9.68 Å². The molecule has 0 aliphatic heterocycles. The topological polar surface area (TPSA) is 70.1 Å². The predicted octanol–water partition coefficient (Wildman–Crippen LogP) is 3.08. The standard InChI is InChI=1S/C14H15N3O2S2/c1-11-9-20-14(16-11)21-10-13(18)17(6-3-5-15)8-12-4-2-7-19-12/h2,4,7,9H,3,6,8,10H2,1H3.